The molecule has 0 aliphatic carbocycles. The van der Waals surface area contributed by atoms with Gasteiger partial charge in [-0.1, -0.05) is 55.5 Å². The van der Waals surface area contributed by atoms with E-state index in [1.807, 2.05) is 49.5 Å². The van der Waals surface area contributed by atoms with Crippen molar-refractivity contribution >= 4 is 22.9 Å². The fourth-order valence-electron chi connectivity index (χ4n) is 2.37. The molecule has 0 fully saturated rings. The summed E-state index contributed by atoms with van der Waals surface area (Å²) >= 11 is 5.18. The molecule has 0 saturated carbocycles. The topological polar surface area (TPSA) is 43.3 Å². The fraction of sp³-hybridized carbons (Fsp3) is 0.125. The van der Waals surface area contributed by atoms with Crippen LogP contribution in [0.3, 0.4) is 0 Å². The second-order valence-electron chi connectivity index (χ2n) is 4.76. The third-order valence-electron chi connectivity index (χ3n) is 3.45. The minimum atomic E-state index is -0.0300. The maximum atomic E-state index is 5.86. The summed E-state index contributed by atoms with van der Waals surface area (Å²) in [6.07, 6.45) is 2.00. The van der Waals surface area contributed by atoms with E-state index in [1.165, 1.54) is 0 Å². The largest absolute Gasteiger partial charge is 0.393 e. The Bertz CT molecular complexity index is 762. The minimum absolute atomic E-state index is 0.0300. The van der Waals surface area contributed by atoms with Crippen molar-refractivity contribution in [1.82, 2.24) is 9.38 Å². The van der Waals surface area contributed by atoms with Crippen molar-refractivity contribution in [3.63, 3.8) is 0 Å². The van der Waals surface area contributed by atoms with Gasteiger partial charge in [0.2, 0.25) is 0 Å². The van der Waals surface area contributed by atoms with E-state index < -0.39 is 0 Å². The Labute approximate surface area is 123 Å². The molecule has 1 unspecified atom stereocenters. The molecule has 1 atom stereocenters. The summed E-state index contributed by atoms with van der Waals surface area (Å²) in [4.78, 5) is 5.21. The molecular formula is C16H15N3S. The summed E-state index contributed by atoms with van der Waals surface area (Å²) in [5, 5.41) is 0. The Morgan fingerprint density at radius 1 is 1.15 bits per heavy atom. The van der Waals surface area contributed by atoms with Crippen LogP contribution in [-0.4, -0.2) is 14.4 Å². The summed E-state index contributed by atoms with van der Waals surface area (Å²) in [6.45, 7) is 2.02. The van der Waals surface area contributed by atoms with Crippen molar-refractivity contribution in [3.05, 3.63) is 60.4 Å². The van der Waals surface area contributed by atoms with Crippen molar-refractivity contribution in [1.29, 1.82) is 0 Å². The summed E-state index contributed by atoms with van der Waals surface area (Å²) < 4.78 is 2.06. The SMILES string of the molecule is CC(C(N)=S)c1c(-c2ccccc2)nc2ccccn12. The van der Waals surface area contributed by atoms with Crippen LogP contribution in [-0.2, 0) is 0 Å². The fourth-order valence-corrected chi connectivity index (χ4v) is 2.48. The molecule has 3 nitrogen and oxygen atoms in total. The zero-order valence-electron chi connectivity index (χ0n) is 11.2. The standard InChI is InChI=1S/C16H15N3S/c1-11(16(17)20)15-14(12-7-3-2-4-8-12)18-13-9-5-6-10-19(13)15/h2-11H,1H3,(H2,17,20). The van der Waals surface area contributed by atoms with Gasteiger partial charge in [-0.2, -0.15) is 0 Å². The minimum Gasteiger partial charge on any atom is -0.393 e. The van der Waals surface area contributed by atoms with Gasteiger partial charge in [0, 0.05) is 17.7 Å². The molecule has 0 aliphatic rings. The third-order valence-corrected chi connectivity index (χ3v) is 3.80. The zero-order valence-corrected chi connectivity index (χ0v) is 12.0. The number of nitrogens with two attached hydrogens (primary N) is 1. The normalized spacial score (nSPS) is 12.4. The third kappa shape index (κ3) is 2.08. The number of rotatable bonds is 3. The first-order valence-corrected chi connectivity index (χ1v) is 6.91. The number of hydrogen-bond donors (Lipinski definition) is 1. The van der Waals surface area contributed by atoms with Gasteiger partial charge in [-0.15, -0.1) is 0 Å². The second-order valence-corrected chi connectivity index (χ2v) is 5.24. The molecular weight excluding hydrogens is 266 g/mol. The van der Waals surface area contributed by atoms with E-state index in [0.29, 0.717) is 4.99 Å². The van der Waals surface area contributed by atoms with Crippen molar-refractivity contribution < 1.29 is 0 Å². The van der Waals surface area contributed by atoms with Crippen LogP contribution in [0, 0.1) is 0 Å². The number of nitrogens with zero attached hydrogens (tertiary/aromatic N) is 2. The number of benzene rings is 1. The predicted octanol–water partition coefficient (Wildman–Crippen LogP) is 3.39. The first-order valence-electron chi connectivity index (χ1n) is 6.50. The van der Waals surface area contributed by atoms with Crippen LogP contribution in [0.2, 0.25) is 0 Å². The lowest BCUT2D eigenvalue weighted by molar-refractivity contribution is 0.930. The van der Waals surface area contributed by atoms with Gasteiger partial charge in [0.1, 0.15) is 5.65 Å². The Kier molecular flexibility index (Phi) is 3.24. The molecule has 0 bridgehead atoms. The van der Waals surface area contributed by atoms with E-state index in [-0.39, 0.29) is 5.92 Å². The van der Waals surface area contributed by atoms with Gasteiger partial charge >= 0.3 is 0 Å². The Morgan fingerprint density at radius 3 is 2.55 bits per heavy atom. The molecule has 4 heteroatoms. The number of hydrogen-bond acceptors (Lipinski definition) is 2. The highest BCUT2D eigenvalue weighted by molar-refractivity contribution is 7.80. The van der Waals surface area contributed by atoms with E-state index in [0.717, 1.165) is 22.6 Å². The quantitative estimate of drug-likeness (QED) is 0.748. The van der Waals surface area contributed by atoms with Crippen LogP contribution in [0.25, 0.3) is 16.9 Å². The molecule has 1 aromatic carbocycles. The van der Waals surface area contributed by atoms with E-state index in [4.69, 9.17) is 22.9 Å². The molecule has 0 spiro atoms. The van der Waals surface area contributed by atoms with Gasteiger partial charge < -0.3 is 10.1 Å². The summed E-state index contributed by atoms with van der Waals surface area (Å²) in [5.41, 5.74) is 9.82. The highest BCUT2D eigenvalue weighted by atomic mass is 32.1. The van der Waals surface area contributed by atoms with Crippen LogP contribution in [0.15, 0.2) is 54.7 Å². The highest BCUT2D eigenvalue weighted by Crippen LogP contribution is 2.30. The first kappa shape index (κ1) is 12.8. The van der Waals surface area contributed by atoms with Gasteiger partial charge in [0.25, 0.3) is 0 Å². The van der Waals surface area contributed by atoms with Crippen molar-refractivity contribution in [2.24, 2.45) is 5.73 Å². The first-order chi connectivity index (χ1) is 9.68. The highest BCUT2D eigenvalue weighted by Gasteiger charge is 2.20. The Morgan fingerprint density at radius 2 is 1.85 bits per heavy atom. The second kappa shape index (κ2) is 5.06. The Hall–Kier alpha value is -2.20. The molecule has 0 aliphatic heterocycles. The maximum absolute atomic E-state index is 5.86. The molecule has 2 aromatic heterocycles. The molecule has 2 heterocycles. The van der Waals surface area contributed by atoms with Crippen LogP contribution >= 0.6 is 12.2 Å². The lowest BCUT2D eigenvalue weighted by atomic mass is 10.0. The van der Waals surface area contributed by atoms with Crippen molar-refractivity contribution in [3.8, 4) is 11.3 Å². The molecule has 2 N–H and O–H groups in total. The van der Waals surface area contributed by atoms with Gasteiger partial charge in [-0.25, -0.2) is 4.98 Å². The summed E-state index contributed by atoms with van der Waals surface area (Å²) in [6, 6.07) is 16.1. The smallest absolute Gasteiger partial charge is 0.137 e. The van der Waals surface area contributed by atoms with Gasteiger partial charge in [0.15, 0.2) is 0 Å². The Balaban J connectivity index is 2.31. The molecule has 20 heavy (non-hydrogen) atoms. The molecule has 0 amide bonds. The maximum Gasteiger partial charge on any atom is 0.137 e. The van der Waals surface area contributed by atoms with Crippen molar-refractivity contribution in [2.75, 3.05) is 0 Å². The van der Waals surface area contributed by atoms with Gasteiger partial charge in [-0.3, -0.25) is 0 Å². The molecule has 100 valence electrons. The monoisotopic (exact) mass is 281 g/mol. The molecule has 0 radical (unpaired) electrons. The molecule has 3 aromatic rings. The van der Waals surface area contributed by atoms with E-state index in [1.54, 1.807) is 0 Å². The summed E-state index contributed by atoms with van der Waals surface area (Å²) in [7, 11) is 0. The number of pyridine rings is 1. The number of aromatic nitrogens is 2. The average Bonchev–Trinajstić information content (AvgIpc) is 2.86. The lowest BCUT2D eigenvalue weighted by Crippen LogP contribution is -2.18. The van der Waals surface area contributed by atoms with Crippen LogP contribution in [0.5, 0.6) is 0 Å². The number of imidazole rings is 1. The number of fused-ring (bicyclic) bond motifs is 1. The molecule has 3 rings (SSSR count). The summed E-state index contributed by atoms with van der Waals surface area (Å²) in [5.74, 6) is -0.0300. The van der Waals surface area contributed by atoms with Crippen molar-refractivity contribution in [2.45, 2.75) is 12.8 Å². The van der Waals surface area contributed by atoms with Gasteiger partial charge in [0.05, 0.1) is 16.4 Å². The molecule has 0 saturated heterocycles. The van der Waals surface area contributed by atoms with E-state index in [2.05, 4.69) is 16.5 Å². The zero-order chi connectivity index (χ0) is 14.1. The predicted molar refractivity (Wildman–Crippen MR) is 85.8 cm³/mol. The average molecular weight is 281 g/mol. The number of thiocarbonyl (C=S) groups is 1. The van der Waals surface area contributed by atoms with Crippen LogP contribution in [0.1, 0.15) is 18.5 Å². The van der Waals surface area contributed by atoms with Crippen LogP contribution in [0.4, 0.5) is 0 Å². The lowest BCUT2D eigenvalue weighted by Gasteiger charge is -2.12. The van der Waals surface area contributed by atoms with E-state index in [9.17, 15) is 0 Å². The van der Waals surface area contributed by atoms with Crippen LogP contribution < -0.4 is 5.73 Å². The van der Waals surface area contributed by atoms with E-state index >= 15 is 0 Å². The van der Waals surface area contributed by atoms with Gasteiger partial charge in [-0.05, 0) is 12.1 Å².